The molecular weight excluding hydrogens is 390 g/mol. The molecule has 2 aromatic carbocycles. The van der Waals surface area contributed by atoms with Crippen LogP contribution < -0.4 is 16.6 Å². The van der Waals surface area contributed by atoms with E-state index in [4.69, 9.17) is 17.3 Å². The minimum atomic E-state index is -0.817. The molecule has 1 atom stereocenters. The van der Waals surface area contributed by atoms with E-state index in [1.165, 1.54) is 10.8 Å². The Morgan fingerprint density at radius 1 is 1.07 bits per heavy atom. The van der Waals surface area contributed by atoms with Gasteiger partial charge in [-0.2, -0.15) is 0 Å². The third-order valence-electron chi connectivity index (χ3n) is 5.18. The van der Waals surface area contributed by atoms with Crippen LogP contribution in [-0.2, 0) is 15.0 Å². The number of aromatic nitrogens is 1. The molecule has 0 spiro atoms. The van der Waals surface area contributed by atoms with Crippen LogP contribution in [0, 0.1) is 0 Å². The average molecular weight is 412 g/mol. The number of carbonyl (C=O) groups is 2. The van der Waals surface area contributed by atoms with Gasteiger partial charge in [-0.25, -0.2) is 0 Å². The number of hydrogen-bond acceptors (Lipinski definition) is 3. The Kier molecular flexibility index (Phi) is 5.48. The second kappa shape index (κ2) is 7.72. The number of pyridine rings is 1. The predicted molar refractivity (Wildman–Crippen MR) is 115 cm³/mol. The van der Waals surface area contributed by atoms with Crippen molar-refractivity contribution < 1.29 is 9.59 Å². The quantitative estimate of drug-likeness (QED) is 0.671. The van der Waals surface area contributed by atoms with Crippen molar-refractivity contribution in [1.82, 2.24) is 4.57 Å². The second-order valence-electron chi connectivity index (χ2n) is 7.46. The lowest BCUT2D eigenvalue weighted by atomic mass is 9.83. The summed E-state index contributed by atoms with van der Waals surface area (Å²) >= 11 is 5.94. The molecule has 0 saturated carbocycles. The summed E-state index contributed by atoms with van der Waals surface area (Å²) < 4.78 is 1.29. The Labute approximate surface area is 173 Å². The van der Waals surface area contributed by atoms with Gasteiger partial charge in [-0.15, -0.1) is 0 Å². The maximum Gasteiger partial charge on any atom is 0.259 e. The average Bonchev–Trinajstić information content (AvgIpc) is 2.68. The summed E-state index contributed by atoms with van der Waals surface area (Å²) in [5.74, 6) is -0.817. The van der Waals surface area contributed by atoms with Crippen LogP contribution >= 0.6 is 11.6 Å². The zero-order valence-electron chi connectivity index (χ0n) is 16.4. The first-order chi connectivity index (χ1) is 13.6. The van der Waals surface area contributed by atoms with Crippen molar-refractivity contribution in [2.24, 2.45) is 5.73 Å². The fourth-order valence-electron chi connectivity index (χ4n) is 3.12. The fraction of sp³-hybridized carbons (Fsp3) is 0.227. The smallest absolute Gasteiger partial charge is 0.259 e. The highest BCUT2D eigenvalue weighted by molar-refractivity contribution is 6.30. The molecule has 150 valence electrons. The van der Waals surface area contributed by atoms with Crippen LogP contribution in [0.4, 0.5) is 5.69 Å². The molecule has 0 radical (unpaired) electrons. The van der Waals surface area contributed by atoms with Crippen molar-refractivity contribution in [1.29, 1.82) is 0 Å². The highest BCUT2D eigenvalue weighted by Gasteiger charge is 2.30. The summed E-state index contributed by atoms with van der Waals surface area (Å²) in [7, 11) is 0. The molecule has 0 fully saturated rings. The van der Waals surface area contributed by atoms with Gasteiger partial charge < -0.3 is 15.6 Å². The van der Waals surface area contributed by atoms with E-state index in [1.807, 2.05) is 26.0 Å². The summed E-state index contributed by atoms with van der Waals surface area (Å²) in [6.07, 6.45) is 1.51. The van der Waals surface area contributed by atoms with Gasteiger partial charge in [-0.3, -0.25) is 14.4 Å². The van der Waals surface area contributed by atoms with Crippen LogP contribution in [0.1, 0.15) is 32.4 Å². The van der Waals surface area contributed by atoms with E-state index >= 15 is 0 Å². The second-order valence-corrected chi connectivity index (χ2v) is 7.90. The number of primary amides is 1. The number of carbonyl (C=O) groups excluding carboxylic acids is 2. The molecule has 29 heavy (non-hydrogen) atoms. The zero-order valence-corrected chi connectivity index (χ0v) is 17.2. The largest absolute Gasteiger partial charge is 0.368 e. The number of hydrogen-bond donors (Lipinski definition) is 2. The van der Waals surface area contributed by atoms with Gasteiger partial charge in [0.25, 0.3) is 5.56 Å². The molecule has 3 rings (SSSR count). The van der Waals surface area contributed by atoms with E-state index < -0.39 is 17.4 Å². The predicted octanol–water partition coefficient (Wildman–Crippen LogP) is 3.62. The van der Waals surface area contributed by atoms with E-state index in [0.717, 1.165) is 5.56 Å². The lowest BCUT2D eigenvalue weighted by molar-refractivity contribution is -0.121. The third kappa shape index (κ3) is 3.89. The van der Waals surface area contributed by atoms with Crippen molar-refractivity contribution in [2.75, 3.05) is 5.32 Å². The van der Waals surface area contributed by atoms with Crippen LogP contribution in [-0.4, -0.2) is 16.4 Å². The molecule has 1 aromatic heterocycles. The monoisotopic (exact) mass is 411 g/mol. The van der Waals surface area contributed by atoms with Gasteiger partial charge in [-0.05, 0) is 56.7 Å². The molecule has 0 unspecified atom stereocenters. The van der Waals surface area contributed by atoms with E-state index in [9.17, 15) is 14.4 Å². The number of nitrogens with two attached hydrogens (primary N) is 1. The number of amides is 2. The van der Waals surface area contributed by atoms with Gasteiger partial charge in [0.1, 0.15) is 6.04 Å². The lowest BCUT2D eigenvalue weighted by Crippen LogP contribution is -2.35. The van der Waals surface area contributed by atoms with Gasteiger partial charge in [0.05, 0.1) is 5.41 Å². The summed E-state index contributed by atoms with van der Waals surface area (Å²) in [5.41, 5.74) is 5.50. The van der Waals surface area contributed by atoms with Gasteiger partial charge >= 0.3 is 0 Å². The Hall–Kier alpha value is -3.12. The summed E-state index contributed by atoms with van der Waals surface area (Å²) in [6, 6.07) is 13.1. The number of anilines is 1. The molecule has 3 N–H and O–H groups in total. The molecule has 1 heterocycles. The van der Waals surface area contributed by atoms with Gasteiger partial charge in [-0.1, -0.05) is 29.8 Å². The highest BCUT2D eigenvalue weighted by Crippen LogP contribution is 2.28. The van der Waals surface area contributed by atoms with E-state index in [2.05, 4.69) is 5.32 Å². The van der Waals surface area contributed by atoms with E-state index in [0.29, 0.717) is 21.5 Å². The number of benzene rings is 2. The van der Waals surface area contributed by atoms with Gasteiger partial charge in [0.15, 0.2) is 0 Å². The molecule has 0 bridgehead atoms. The zero-order chi connectivity index (χ0) is 21.3. The van der Waals surface area contributed by atoms with Crippen LogP contribution in [0.3, 0.4) is 0 Å². The number of nitrogens with one attached hydrogen (secondary N) is 1. The van der Waals surface area contributed by atoms with Crippen molar-refractivity contribution in [3.8, 4) is 0 Å². The Morgan fingerprint density at radius 3 is 2.34 bits per heavy atom. The fourth-order valence-corrected chi connectivity index (χ4v) is 3.25. The molecule has 7 heteroatoms. The first kappa shape index (κ1) is 20.6. The summed E-state index contributed by atoms with van der Waals surface area (Å²) in [5, 5.41) is 4.50. The molecule has 0 aliphatic carbocycles. The maximum atomic E-state index is 13.0. The number of fused-ring (bicyclic) bond motifs is 1. The minimum absolute atomic E-state index is 0.220. The minimum Gasteiger partial charge on any atom is -0.368 e. The van der Waals surface area contributed by atoms with E-state index in [-0.39, 0.29) is 11.5 Å². The Bertz CT molecular complexity index is 1150. The lowest BCUT2D eigenvalue weighted by Gasteiger charge is -2.25. The molecule has 0 aliphatic heterocycles. The Balaban J connectivity index is 1.99. The normalized spacial score (nSPS) is 12.6. The van der Waals surface area contributed by atoms with Crippen LogP contribution in [0.15, 0.2) is 59.5 Å². The highest BCUT2D eigenvalue weighted by atomic mass is 35.5. The summed E-state index contributed by atoms with van der Waals surface area (Å²) in [6.45, 7) is 5.20. The van der Waals surface area contributed by atoms with Crippen molar-refractivity contribution in [2.45, 2.75) is 32.2 Å². The molecule has 0 aliphatic rings. The van der Waals surface area contributed by atoms with Crippen molar-refractivity contribution in [3.05, 3.63) is 75.7 Å². The molecule has 6 nitrogen and oxygen atoms in total. The van der Waals surface area contributed by atoms with Gasteiger partial charge in [0, 0.05) is 27.7 Å². The van der Waals surface area contributed by atoms with E-state index in [1.54, 1.807) is 43.3 Å². The topological polar surface area (TPSA) is 94.2 Å². The number of rotatable bonds is 5. The van der Waals surface area contributed by atoms with Crippen LogP contribution in [0.25, 0.3) is 10.8 Å². The number of nitrogens with zero attached hydrogens (tertiary/aromatic N) is 1. The third-order valence-corrected chi connectivity index (χ3v) is 5.44. The number of halogens is 1. The van der Waals surface area contributed by atoms with Crippen LogP contribution in [0.2, 0.25) is 5.02 Å². The van der Waals surface area contributed by atoms with Gasteiger partial charge in [0.2, 0.25) is 11.8 Å². The molecule has 2 amide bonds. The van der Waals surface area contributed by atoms with Crippen molar-refractivity contribution >= 4 is 39.9 Å². The molecule has 0 saturated heterocycles. The summed E-state index contributed by atoms with van der Waals surface area (Å²) in [4.78, 5) is 37.3. The maximum absolute atomic E-state index is 13.0. The standard InChI is InChI=1S/C22H22ClN3O3/c1-13(19(24)27)26-12-11-16-17(20(26)28)5-4-6-18(16)25-21(29)22(2,3)14-7-9-15(23)10-8-14/h4-13H,1-3H3,(H2,24,27)(H,25,29)/t13-/m1/s1. The first-order valence-corrected chi connectivity index (χ1v) is 9.51. The molecular formula is C22H22ClN3O3. The van der Waals surface area contributed by atoms with Crippen LogP contribution in [0.5, 0.6) is 0 Å². The SMILES string of the molecule is C[C@H](C(N)=O)n1ccc2c(NC(=O)C(C)(C)c3ccc(Cl)cc3)cccc2c1=O. The first-order valence-electron chi connectivity index (χ1n) is 9.13. The Morgan fingerprint density at radius 2 is 1.72 bits per heavy atom. The molecule has 3 aromatic rings. The van der Waals surface area contributed by atoms with Crippen molar-refractivity contribution in [3.63, 3.8) is 0 Å².